The number of amides is 1. The first-order valence-electron chi connectivity index (χ1n) is 14.7. The van der Waals surface area contributed by atoms with Gasteiger partial charge in [0, 0.05) is 37.9 Å². The number of rotatable bonds is 14. The molecule has 1 amide bonds. The number of anilines is 1. The Morgan fingerprint density at radius 3 is 2.21 bits per heavy atom. The second-order valence-corrected chi connectivity index (χ2v) is 10.9. The lowest BCUT2D eigenvalue weighted by molar-refractivity contribution is -0.0197. The van der Waals surface area contributed by atoms with E-state index in [0.717, 1.165) is 41.8 Å². The standard InChI is InChI=1S/C35H44N4O4/c1-25(34(38-35(40)41-5)33(28-15-8-6-9-16-28)29-17-10-7-11-18-29)37-32-19-13-12-14-27(32)20-21-31-22-36-30(24-43-31)23-42-26(2)39(3)4/h6-19,30-31,33-34,36-37H,1-2,20-24H2,3-5H3,(H,38,40)/t30-,31-,34-/m1/s1. The number of aryl methyl sites for hydroxylation is 1. The van der Waals surface area contributed by atoms with Crippen LogP contribution in [0.5, 0.6) is 0 Å². The summed E-state index contributed by atoms with van der Waals surface area (Å²) in [6.45, 7) is 10.2. The number of para-hydroxylation sites is 1. The fraction of sp³-hybridized carbons (Fsp3) is 0.343. The minimum absolute atomic E-state index is 0.0961. The number of carbonyl (C=O) groups excluding carboxylic acids is 1. The Balaban J connectivity index is 1.44. The van der Waals surface area contributed by atoms with Crippen LogP contribution in [0.2, 0.25) is 0 Å². The quantitative estimate of drug-likeness (QED) is 0.216. The first-order chi connectivity index (χ1) is 20.9. The van der Waals surface area contributed by atoms with Gasteiger partial charge in [0.15, 0.2) is 5.88 Å². The van der Waals surface area contributed by atoms with Crippen LogP contribution in [0.25, 0.3) is 0 Å². The molecule has 0 spiro atoms. The van der Waals surface area contributed by atoms with Crippen LogP contribution in [0.3, 0.4) is 0 Å². The maximum absolute atomic E-state index is 12.6. The molecule has 3 aromatic rings. The fourth-order valence-corrected chi connectivity index (χ4v) is 5.17. The van der Waals surface area contributed by atoms with Crippen molar-refractivity contribution >= 4 is 11.8 Å². The van der Waals surface area contributed by atoms with Gasteiger partial charge in [-0.2, -0.15) is 0 Å². The minimum atomic E-state index is -0.519. The van der Waals surface area contributed by atoms with Gasteiger partial charge in [-0.05, 0) is 42.2 Å². The number of methoxy groups -OCH3 is 1. The van der Waals surface area contributed by atoms with Crippen molar-refractivity contribution in [2.75, 3.05) is 46.3 Å². The molecule has 0 aliphatic carbocycles. The molecule has 4 rings (SSSR count). The van der Waals surface area contributed by atoms with Gasteiger partial charge in [0.05, 0.1) is 31.9 Å². The summed E-state index contributed by atoms with van der Waals surface area (Å²) < 4.78 is 16.9. The van der Waals surface area contributed by atoms with Gasteiger partial charge in [-0.1, -0.05) is 85.4 Å². The molecule has 0 radical (unpaired) electrons. The highest BCUT2D eigenvalue weighted by atomic mass is 16.5. The third-order valence-electron chi connectivity index (χ3n) is 7.65. The van der Waals surface area contributed by atoms with Crippen molar-refractivity contribution in [2.45, 2.75) is 36.9 Å². The van der Waals surface area contributed by atoms with Crippen LogP contribution in [0.15, 0.2) is 110 Å². The van der Waals surface area contributed by atoms with Crippen LogP contribution in [-0.2, 0) is 20.6 Å². The highest BCUT2D eigenvalue weighted by Gasteiger charge is 2.30. The molecule has 0 bridgehead atoms. The summed E-state index contributed by atoms with van der Waals surface area (Å²) in [5.41, 5.74) is 4.87. The van der Waals surface area contributed by atoms with Crippen LogP contribution >= 0.6 is 0 Å². The molecule has 8 nitrogen and oxygen atoms in total. The summed E-state index contributed by atoms with van der Waals surface area (Å²) in [7, 11) is 5.19. The molecule has 0 unspecified atom stereocenters. The normalized spacial score (nSPS) is 17.0. The van der Waals surface area contributed by atoms with Crippen molar-refractivity contribution in [3.63, 3.8) is 0 Å². The molecule has 1 fully saturated rings. The molecule has 3 atom stereocenters. The van der Waals surface area contributed by atoms with Gasteiger partial charge >= 0.3 is 6.09 Å². The first-order valence-corrected chi connectivity index (χ1v) is 14.7. The Morgan fingerprint density at radius 2 is 1.63 bits per heavy atom. The van der Waals surface area contributed by atoms with E-state index in [1.165, 1.54) is 7.11 Å². The SMILES string of the molecule is C=C(Nc1ccccc1CC[C@@H]1CN[C@H](COC(=C)N(C)C)CO1)[C@@H](NC(=O)OC)C(c1ccccc1)c1ccccc1. The average molecular weight is 585 g/mol. The van der Waals surface area contributed by atoms with Gasteiger partial charge in [-0.15, -0.1) is 0 Å². The van der Waals surface area contributed by atoms with Crippen molar-refractivity contribution in [1.29, 1.82) is 0 Å². The number of benzene rings is 3. The maximum Gasteiger partial charge on any atom is 0.407 e. The van der Waals surface area contributed by atoms with Crippen LogP contribution in [0.4, 0.5) is 10.5 Å². The van der Waals surface area contributed by atoms with E-state index in [-0.39, 0.29) is 18.1 Å². The van der Waals surface area contributed by atoms with Crippen LogP contribution < -0.4 is 16.0 Å². The average Bonchev–Trinajstić information content (AvgIpc) is 3.04. The van der Waals surface area contributed by atoms with Gasteiger partial charge in [0.25, 0.3) is 0 Å². The Bertz CT molecular complexity index is 1280. The van der Waals surface area contributed by atoms with E-state index in [1.54, 1.807) is 0 Å². The predicted octanol–water partition coefficient (Wildman–Crippen LogP) is 5.51. The van der Waals surface area contributed by atoms with Crippen molar-refractivity contribution < 1.29 is 19.0 Å². The van der Waals surface area contributed by atoms with E-state index in [9.17, 15) is 4.79 Å². The Hall–Kier alpha value is -4.27. The number of hydrogen-bond acceptors (Lipinski definition) is 7. The second-order valence-electron chi connectivity index (χ2n) is 10.9. The number of carbonyl (C=O) groups is 1. The molecule has 0 aromatic heterocycles. The largest absolute Gasteiger partial charge is 0.478 e. The van der Waals surface area contributed by atoms with Gasteiger partial charge in [0.2, 0.25) is 0 Å². The fourth-order valence-electron chi connectivity index (χ4n) is 5.17. The highest BCUT2D eigenvalue weighted by molar-refractivity contribution is 5.69. The third-order valence-corrected chi connectivity index (χ3v) is 7.65. The zero-order valence-corrected chi connectivity index (χ0v) is 25.4. The van der Waals surface area contributed by atoms with E-state index in [0.29, 0.717) is 24.8 Å². The molecule has 3 aromatic carbocycles. The number of morpholine rings is 1. The summed E-state index contributed by atoms with van der Waals surface area (Å²) in [6, 6.07) is 28.1. The predicted molar refractivity (Wildman–Crippen MR) is 172 cm³/mol. The van der Waals surface area contributed by atoms with E-state index < -0.39 is 12.1 Å². The molecule has 1 saturated heterocycles. The molecule has 1 aliphatic heterocycles. The summed E-state index contributed by atoms with van der Waals surface area (Å²) in [6.07, 6.45) is 1.25. The van der Waals surface area contributed by atoms with Gasteiger partial charge in [0.1, 0.15) is 6.61 Å². The van der Waals surface area contributed by atoms with E-state index in [2.05, 4.69) is 59.4 Å². The summed E-state index contributed by atoms with van der Waals surface area (Å²) in [4.78, 5) is 14.4. The number of nitrogens with zero attached hydrogens (tertiary/aromatic N) is 1. The lowest BCUT2D eigenvalue weighted by Gasteiger charge is -2.32. The van der Waals surface area contributed by atoms with Crippen LogP contribution in [0.1, 0.15) is 29.0 Å². The number of ether oxygens (including phenoxy) is 3. The number of nitrogens with one attached hydrogen (secondary N) is 3. The molecule has 43 heavy (non-hydrogen) atoms. The van der Waals surface area contributed by atoms with Crippen molar-refractivity contribution in [3.05, 3.63) is 126 Å². The first kappa shape index (κ1) is 31.7. The third kappa shape index (κ3) is 9.11. The van der Waals surface area contributed by atoms with Crippen molar-refractivity contribution in [2.24, 2.45) is 0 Å². The molecule has 1 aliphatic rings. The topological polar surface area (TPSA) is 84.1 Å². The molecule has 0 saturated carbocycles. The smallest absolute Gasteiger partial charge is 0.407 e. The van der Waals surface area contributed by atoms with E-state index >= 15 is 0 Å². The van der Waals surface area contributed by atoms with Gasteiger partial charge in [-0.3, -0.25) is 0 Å². The Labute approximate surface area is 255 Å². The number of hydrogen-bond donors (Lipinski definition) is 3. The molecular weight excluding hydrogens is 540 g/mol. The van der Waals surface area contributed by atoms with E-state index in [4.69, 9.17) is 14.2 Å². The molecule has 228 valence electrons. The van der Waals surface area contributed by atoms with Crippen LogP contribution in [-0.4, -0.2) is 70.1 Å². The number of alkyl carbamates (subject to hydrolysis) is 1. The Morgan fingerprint density at radius 1 is 1.00 bits per heavy atom. The lowest BCUT2D eigenvalue weighted by Crippen LogP contribution is -2.48. The van der Waals surface area contributed by atoms with Gasteiger partial charge in [-0.25, -0.2) is 4.79 Å². The summed E-state index contributed by atoms with van der Waals surface area (Å²) in [5.74, 6) is 0.444. The summed E-state index contributed by atoms with van der Waals surface area (Å²) >= 11 is 0. The monoisotopic (exact) mass is 584 g/mol. The Kier molecular flexibility index (Phi) is 11.6. The van der Waals surface area contributed by atoms with E-state index in [1.807, 2.05) is 73.6 Å². The second kappa shape index (κ2) is 15.8. The highest BCUT2D eigenvalue weighted by Crippen LogP contribution is 2.32. The molecular formula is C35H44N4O4. The zero-order valence-electron chi connectivity index (χ0n) is 25.4. The molecule has 3 N–H and O–H groups in total. The van der Waals surface area contributed by atoms with Crippen molar-refractivity contribution in [1.82, 2.24) is 15.5 Å². The zero-order chi connectivity index (χ0) is 30.6. The summed E-state index contributed by atoms with van der Waals surface area (Å²) in [5, 5.41) is 10.1. The maximum atomic E-state index is 12.6. The van der Waals surface area contributed by atoms with Crippen molar-refractivity contribution in [3.8, 4) is 0 Å². The molecule has 1 heterocycles. The van der Waals surface area contributed by atoms with Crippen LogP contribution in [0, 0.1) is 0 Å². The lowest BCUT2D eigenvalue weighted by atomic mass is 9.83. The molecule has 8 heteroatoms. The van der Waals surface area contributed by atoms with Gasteiger partial charge < -0.3 is 35.1 Å². The minimum Gasteiger partial charge on any atom is -0.478 e.